The Bertz CT molecular complexity index is 518. The summed E-state index contributed by atoms with van der Waals surface area (Å²) >= 11 is 1.77. The van der Waals surface area contributed by atoms with E-state index in [1.807, 2.05) is 6.92 Å². The number of rotatable bonds is 7. The maximum atomic E-state index is 5.52. The van der Waals surface area contributed by atoms with Crippen LogP contribution in [0.5, 0.6) is 5.75 Å². The minimum atomic E-state index is 0.275. The molecule has 3 heteroatoms. The molecule has 0 amide bonds. The first-order valence-electron chi connectivity index (χ1n) is 7.25. The summed E-state index contributed by atoms with van der Waals surface area (Å²) in [5.41, 5.74) is 4.04. The molecule has 0 saturated carbocycles. The predicted molar refractivity (Wildman–Crippen MR) is 86.8 cm³/mol. The number of thiophene rings is 1. The Morgan fingerprint density at radius 1 is 1.15 bits per heavy atom. The molecule has 108 valence electrons. The van der Waals surface area contributed by atoms with Gasteiger partial charge >= 0.3 is 0 Å². The lowest BCUT2D eigenvalue weighted by Crippen LogP contribution is -2.23. The van der Waals surface area contributed by atoms with Gasteiger partial charge in [-0.3, -0.25) is 0 Å². The van der Waals surface area contributed by atoms with Crippen LogP contribution in [0.2, 0.25) is 0 Å². The van der Waals surface area contributed by atoms with Gasteiger partial charge in [-0.15, -0.1) is 0 Å². The van der Waals surface area contributed by atoms with Gasteiger partial charge in [0.15, 0.2) is 0 Å². The highest BCUT2D eigenvalue weighted by Crippen LogP contribution is 2.28. The van der Waals surface area contributed by atoms with Crippen LogP contribution < -0.4 is 10.1 Å². The largest absolute Gasteiger partial charge is 0.494 e. The second-order valence-corrected chi connectivity index (χ2v) is 5.64. The zero-order valence-electron chi connectivity index (χ0n) is 12.5. The molecule has 20 heavy (non-hydrogen) atoms. The molecule has 0 radical (unpaired) electrons. The Morgan fingerprint density at radius 2 is 1.90 bits per heavy atom. The van der Waals surface area contributed by atoms with Crippen LogP contribution in [-0.4, -0.2) is 13.2 Å². The van der Waals surface area contributed by atoms with Crippen LogP contribution in [0.15, 0.2) is 35.0 Å². The van der Waals surface area contributed by atoms with E-state index in [-0.39, 0.29) is 6.04 Å². The molecule has 0 fully saturated rings. The standard InChI is InChI=1S/C17H23NOS/c1-4-10-18-17(16-12-20-11-13(16)3)14-6-8-15(9-7-14)19-5-2/h6-9,11-12,17-18H,4-5,10H2,1-3H3. The molecule has 1 unspecified atom stereocenters. The van der Waals surface area contributed by atoms with Gasteiger partial charge < -0.3 is 10.1 Å². The van der Waals surface area contributed by atoms with E-state index in [0.717, 1.165) is 18.7 Å². The maximum absolute atomic E-state index is 5.52. The summed E-state index contributed by atoms with van der Waals surface area (Å²) in [7, 11) is 0. The second-order valence-electron chi connectivity index (χ2n) is 4.90. The molecular formula is C17H23NOS. The summed E-state index contributed by atoms with van der Waals surface area (Å²) in [4.78, 5) is 0. The second kappa shape index (κ2) is 7.46. The molecule has 1 aromatic heterocycles. The molecule has 0 aliphatic heterocycles. The monoisotopic (exact) mass is 289 g/mol. The number of hydrogen-bond donors (Lipinski definition) is 1. The van der Waals surface area contributed by atoms with Crippen molar-refractivity contribution in [2.45, 2.75) is 33.2 Å². The van der Waals surface area contributed by atoms with E-state index in [9.17, 15) is 0 Å². The number of hydrogen-bond acceptors (Lipinski definition) is 3. The maximum Gasteiger partial charge on any atom is 0.119 e. The summed E-state index contributed by atoms with van der Waals surface area (Å²) in [6, 6.07) is 8.71. The van der Waals surface area contributed by atoms with Crippen molar-refractivity contribution in [1.29, 1.82) is 0 Å². The molecule has 0 bridgehead atoms. The Balaban J connectivity index is 2.24. The molecule has 1 aromatic carbocycles. The first-order chi connectivity index (χ1) is 9.76. The van der Waals surface area contributed by atoms with Crippen LogP contribution in [0.25, 0.3) is 0 Å². The highest BCUT2D eigenvalue weighted by Gasteiger charge is 2.16. The number of nitrogens with one attached hydrogen (secondary N) is 1. The van der Waals surface area contributed by atoms with Crippen molar-refractivity contribution in [3.8, 4) is 5.75 Å². The third-order valence-corrected chi connectivity index (χ3v) is 4.21. The average Bonchev–Trinajstić information content (AvgIpc) is 2.88. The van der Waals surface area contributed by atoms with Crippen LogP contribution >= 0.6 is 11.3 Å². The Morgan fingerprint density at radius 3 is 2.45 bits per heavy atom. The normalized spacial score (nSPS) is 12.3. The lowest BCUT2D eigenvalue weighted by molar-refractivity contribution is 0.340. The van der Waals surface area contributed by atoms with E-state index in [0.29, 0.717) is 6.61 Å². The van der Waals surface area contributed by atoms with Crippen LogP contribution in [0.4, 0.5) is 0 Å². The Labute approximate surface area is 125 Å². The Hall–Kier alpha value is -1.32. The molecule has 0 saturated heterocycles. The van der Waals surface area contributed by atoms with E-state index in [4.69, 9.17) is 4.74 Å². The van der Waals surface area contributed by atoms with Gasteiger partial charge in [-0.2, -0.15) is 11.3 Å². The van der Waals surface area contributed by atoms with Gasteiger partial charge in [0.25, 0.3) is 0 Å². The van der Waals surface area contributed by atoms with Crippen LogP contribution in [0, 0.1) is 6.92 Å². The minimum absolute atomic E-state index is 0.275. The van der Waals surface area contributed by atoms with Crippen molar-refractivity contribution in [2.75, 3.05) is 13.2 Å². The highest BCUT2D eigenvalue weighted by molar-refractivity contribution is 7.08. The fraction of sp³-hybridized carbons (Fsp3) is 0.412. The molecule has 1 heterocycles. The van der Waals surface area contributed by atoms with Crippen molar-refractivity contribution in [3.63, 3.8) is 0 Å². The number of ether oxygens (including phenoxy) is 1. The molecule has 0 aliphatic carbocycles. The summed E-state index contributed by atoms with van der Waals surface area (Å²) in [5.74, 6) is 0.938. The van der Waals surface area contributed by atoms with Crippen molar-refractivity contribution in [3.05, 3.63) is 51.7 Å². The molecular weight excluding hydrogens is 266 g/mol. The minimum Gasteiger partial charge on any atom is -0.494 e. The molecule has 2 aromatic rings. The zero-order chi connectivity index (χ0) is 14.4. The first kappa shape index (κ1) is 15.1. The summed E-state index contributed by atoms with van der Waals surface area (Å²) in [6.45, 7) is 8.12. The van der Waals surface area contributed by atoms with Gasteiger partial charge in [-0.05, 0) is 66.4 Å². The van der Waals surface area contributed by atoms with Gasteiger partial charge in [-0.1, -0.05) is 19.1 Å². The van der Waals surface area contributed by atoms with Crippen molar-refractivity contribution in [1.82, 2.24) is 5.32 Å². The molecule has 0 spiro atoms. The topological polar surface area (TPSA) is 21.3 Å². The van der Waals surface area contributed by atoms with Gasteiger partial charge in [0.2, 0.25) is 0 Å². The van der Waals surface area contributed by atoms with E-state index < -0.39 is 0 Å². The van der Waals surface area contributed by atoms with Crippen LogP contribution in [0.1, 0.15) is 43.0 Å². The smallest absolute Gasteiger partial charge is 0.119 e. The molecule has 1 N–H and O–H groups in total. The fourth-order valence-corrected chi connectivity index (χ4v) is 3.16. The average molecular weight is 289 g/mol. The first-order valence-corrected chi connectivity index (χ1v) is 8.19. The zero-order valence-corrected chi connectivity index (χ0v) is 13.3. The fourth-order valence-electron chi connectivity index (χ4n) is 2.29. The number of benzene rings is 1. The van der Waals surface area contributed by atoms with E-state index in [2.05, 4.69) is 54.2 Å². The van der Waals surface area contributed by atoms with Crippen LogP contribution in [-0.2, 0) is 0 Å². The van der Waals surface area contributed by atoms with E-state index in [1.165, 1.54) is 16.7 Å². The number of aryl methyl sites for hydroxylation is 1. The van der Waals surface area contributed by atoms with Crippen molar-refractivity contribution >= 4 is 11.3 Å². The quantitative estimate of drug-likeness (QED) is 0.807. The third-order valence-electron chi connectivity index (χ3n) is 3.33. The molecule has 0 aliphatic rings. The van der Waals surface area contributed by atoms with E-state index in [1.54, 1.807) is 11.3 Å². The summed E-state index contributed by atoms with van der Waals surface area (Å²) in [5, 5.41) is 8.11. The molecule has 2 nitrogen and oxygen atoms in total. The lowest BCUT2D eigenvalue weighted by Gasteiger charge is -2.20. The van der Waals surface area contributed by atoms with E-state index >= 15 is 0 Å². The molecule has 2 rings (SSSR count). The predicted octanol–water partition coefficient (Wildman–Crippen LogP) is 4.54. The van der Waals surface area contributed by atoms with Crippen molar-refractivity contribution in [2.24, 2.45) is 0 Å². The SMILES string of the molecule is CCCNC(c1ccc(OCC)cc1)c1cscc1C. The Kier molecular flexibility index (Phi) is 5.62. The van der Waals surface area contributed by atoms with Crippen LogP contribution in [0.3, 0.4) is 0 Å². The summed E-state index contributed by atoms with van der Waals surface area (Å²) < 4.78 is 5.52. The van der Waals surface area contributed by atoms with Gasteiger partial charge in [0, 0.05) is 0 Å². The van der Waals surface area contributed by atoms with Gasteiger partial charge in [-0.25, -0.2) is 0 Å². The summed E-state index contributed by atoms with van der Waals surface area (Å²) in [6.07, 6.45) is 1.14. The highest BCUT2D eigenvalue weighted by atomic mass is 32.1. The van der Waals surface area contributed by atoms with Crippen molar-refractivity contribution < 1.29 is 4.74 Å². The third kappa shape index (κ3) is 3.62. The molecule has 1 atom stereocenters. The lowest BCUT2D eigenvalue weighted by atomic mass is 9.98. The van der Waals surface area contributed by atoms with Gasteiger partial charge in [0.1, 0.15) is 5.75 Å². The van der Waals surface area contributed by atoms with Gasteiger partial charge in [0.05, 0.1) is 12.6 Å².